The van der Waals surface area contributed by atoms with E-state index in [0.29, 0.717) is 56.5 Å². The number of nitrogens with one attached hydrogen (secondary N) is 1. The minimum atomic E-state index is -3.52. The van der Waals surface area contributed by atoms with Gasteiger partial charge < -0.3 is 14.6 Å². The molecule has 1 fully saturated rings. The number of amides is 1. The number of nitrogens with zero attached hydrogens (tertiary/aromatic N) is 3. The molecule has 0 unspecified atom stereocenters. The second-order valence-electron chi connectivity index (χ2n) is 8.79. The van der Waals surface area contributed by atoms with Crippen LogP contribution in [0.15, 0.2) is 57.9 Å². The Labute approximate surface area is 205 Å². The average Bonchev–Trinajstić information content (AvgIpc) is 3.34. The molecule has 0 bridgehead atoms. The number of aromatic nitrogens is 2. The second kappa shape index (κ2) is 11.1. The smallest absolute Gasteiger partial charge is 0.243 e. The number of carbonyl (C=O) groups is 1. The fourth-order valence-corrected chi connectivity index (χ4v) is 5.12. The Balaban J connectivity index is 1.26. The molecule has 1 saturated heterocycles. The standard InChI is InChI=1S/C25H30N4O5S/c1-18(2)25-27-23(28-34-25)17-20-3-8-21(9-4-20)26-24(30)12-7-19-5-10-22(11-6-19)35(31,32)29-13-15-33-16-14-29/h3-6,8-11,18H,7,12-17H2,1-2H3,(H,26,30). The van der Waals surface area contributed by atoms with E-state index < -0.39 is 10.0 Å². The number of aryl methyl sites for hydroxylation is 1. The summed E-state index contributed by atoms with van der Waals surface area (Å²) in [6.07, 6.45) is 1.36. The van der Waals surface area contributed by atoms with E-state index in [1.54, 1.807) is 24.3 Å². The molecule has 2 heterocycles. The molecule has 10 heteroatoms. The highest BCUT2D eigenvalue weighted by atomic mass is 32.2. The van der Waals surface area contributed by atoms with E-state index in [2.05, 4.69) is 15.5 Å². The van der Waals surface area contributed by atoms with Crippen LogP contribution in [0.2, 0.25) is 0 Å². The van der Waals surface area contributed by atoms with Gasteiger partial charge in [-0.15, -0.1) is 0 Å². The molecule has 1 aliphatic heterocycles. The van der Waals surface area contributed by atoms with Crippen LogP contribution in [0.5, 0.6) is 0 Å². The van der Waals surface area contributed by atoms with Gasteiger partial charge in [-0.25, -0.2) is 8.42 Å². The summed E-state index contributed by atoms with van der Waals surface area (Å²) in [5.41, 5.74) is 2.63. The predicted molar refractivity (Wildman–Crippen MR) is 131 cm³/mol. The molecule has 9 nitrogen and oxygen atoms in total. The third-order valence-electron chi connectivity index (χ3n) is 5.75. The van der Waals surface area contributed by atoms with Crippen molar-refractivity contribution in [3.63, 3.8) is 0 Å². The second-order valence-corrected chi connectivity index (χ2v) is 10.7. The molecule has 35 heavy (non-hydrogen) atoms. The summed E-state index contributed by atoms with van der Waals surface area (Å²) in [4.78, 5) is 17.0. The van der Waals surface area contributed by atoms with Crippen molar-refractivity contribution in [2.45, 2.75) is 43.9 Å². The van der Waals surface area contributed by atoms with Crippen molar-refractivity contribution in [3.05, 3.63) is 71.4 Å². The van der Waals surface area contributed by atoms with Crippen molar-refractivity contribution in [1.82, 2.24) is 14.4 Å². The predicted octanol–water partition coefficient (Wildman–Crippen LogP) is 3.38. The molecule has 2 aromatic carbocycles. The van der Waals surface area contributed by atoms with Crippen LogP contribution in [0.3, 0.4) is 0 Å². The zero-order valence-electron chi connectivity index (χ0n) is 19.9. The molecule has 1 amide bonds. The maximum absolute atomic E-state index is 12.7. The first-order valence-electron chi connectivity index (χ1n) is 11.7. The summed E-state index contributed by atoms with van der Waals surface area (Å²) >= 11 is 0. The van der Waals surface area contributed by atoms with Crippen LogP contribution in [0, 0.1) is 0 Å². The Morgan fingerprint density at radius 3 is 2.31 bits per heavy atom. The number of benzene rings is 2. The van der Waals surface area contributed by atoms with Crippen LogP contribution >= 0.6 is 0 Å². The van der Waals surface area contributed by atoms with E-state index in [1.165, 1.54) is 4.31 Å². The summed E-state index contributed by atoms with van der Waals surface area (Å²) in [5, 5.41) is 6.90. The topological polar surface area (TPSA) is 115 Å². The van der Waals surface area contributed by atoms with Crippen molar-refractivity contribution >= 4 is 21.6 Å². The Kier molecular flexibility index (Phi) is 7.94. The lowest BCUT2D eigenvalue weighted by Gasteiger charge is -2.26. The Hall–Kier alpha value is -3.08. The van der Waals surface area contributed by atoms with E-state index in [-0.39, 0.29) is 23.1 Å². The zero-order chi connectivity index (χ0) is 24.8. The van der Waals surface area contributed by atoms with Gasteiger partial charge in [-0.1, -0.05) is 43.3 Å². The molecule has 0 atom stereocenters. The SMILES string of the molecule is CC(C)c1nc(Cc2ccc(NC(=O)CCc3ccc(S(=O)(=O)N4CCOCC4)cc3)cc2)no1. The van der Waals surface area contributed by atoms with Gasteiger partial charge in [-0.05, 0) is 41.8 Å². The lowest BCUT2D eigenvalue weighted by molar-refractivity contribution is -0.116. The Morgan fingerprint density at radius 1 is 1.03 bits per heavy atom. The van der Waals surface area contributed by atoms with Gasteiger partial charge in [0.2, 0.25) is 21.8 Å². The number of morpholine rings is 1. The van der Waals surface area contributed by atoms with Crippen molar-refractivity contribution in [1.29, 1.82) is 0 Å². The third-order valence-corrected chi connectivity index (χ3v) is 7.66. The van der Waals surface area contributed by atoms with E-state index in [9.17, 15) is 13.2 Å². The molecule has 0 aliphatic carbocycles. The fraction of sp³-hybridized carbons (Fsp3) is 0.400. The third kappa shape index (κ3) is 6.53. The van der Waals surface area contributed by atoms with Gasteiger partial charge >= 0.3 is 0 Å². The van der Waals surface area contributed by atoms with E-state index in [4.69, 9.17) is 9.26 Å². The highest BCUT2D eigenvalue weighted by Crippen LogP contribution is 2.19. The number of hydrogen-bond acceptors (Lipinski definition) is 7. The number of hydrogen-bond donors (Lipinski definition) is 1. The van der Waals surface area contributed by atoms with E-state index >= 15 is 0 Å². The lowest BCUT2D eigenvalue weighted by Crippen LogP contribution is -2.40. The average molecular weight is 499 g/mol. The Morgan fingerprint density at radius 2 is 1.69 bits per heavy atom. The van der Waals surface area contributed by atoms with Crippen LogP contribution in [-0.4, -0.2) is 55.1 Å². The minimum absolute atomic E-state index is 0.109. The molecule has 186 valence electrons. The first-order valence-corrected chi connectivity index (χ1v) is 13.1. The molecule has 1 aliphatic rings. The van der Waals surface area contributed by atoms with Crippen LogP contribution in [0.25, 0.3) is 0 Å². The fourth-order valence-electron chi connectivity index (χ4n) is 3.71. The van der Waals surface area contributed by atoms with Gasteiger partial charge in [0, 0.05) is 37.5 Å². The van der Waals surface area contributed by atoms with Gasteiger partial charge in [0.1, 0.15) is 0 Å². The van der Waals surface area contributed by atoms with Crippen LogP contribution in [0.1, 0.15) is 49.0 Å². The van der Waals surface area contributed by atoms with Gasteiger partial charge in [0.15, 0.2) is 5.82 Å². The maximum Gasteiger partial charge on any atom is 0.243 e. The Bertz CT molecular complexity index is 1230. The molecule has 0 saturated carbocycles. The molecule has 1 N–H and O–H groups in total. The van der Waals surface area contributed by atoms with E-state index in [1.807, 2.05) is 38.1 Å². The number of sulfonamides is 1. The van der Waals surface area contributed by atoms with Gasteiger partial charge in [0.25, 0.3) is 0 Å². The molecule has 0 spiro atoms. The highest BCUT2D eigenvalue weighted by molar-refractivity contribution is 7.89. The molecule has 3 aromatic rings. The minimum Gasteiger partial charge on any atom is -0.379 e. The summed E-state index contributed by atoms with van der Waals surface area (Å²) in [5.74, 6) is 1.34. The van der Waals surface area contributed by atoms with E-state index in [0.717, 1.165) is 11.1 Å². The van der Waals surface area contributed by atoms with Gasteiger partial charge in [-0.2, -0.15) is 9.29 Å². The maximum atomic E-state index is 12.7. The molecule has 4 rings (SSSR count). The molecule has 0 radical (unpaired) electrons. The number of carbonyl (C=O) groups excluding carboxylic acids is 1. The summed E-state index contributed by atoms with van der Waals surface area (Å²) < 4.78 is 37.3. The first kappa shape index (κ1) is 25.0. The first-order chi connectivity index (χ1) is 16.8. The molecule has 1 aromatic heterocycles. The summed E-state index contributed by atoms with van der Waals surface area (Å²) in [6.45, 7) is 5.55. The monoisotopic (exact) mass is 498 g/mol. The zero-order valence-corrected chi connectivity index (χ0v) is 20.8. The van der Waals surface area contributed by atoms with Crippen molar-refractivity contribution in [2.75, 3.05) is 31.6 Å². The van der Waals surface area contributed by atoms with Crippen LogP contribution in [-0.2, 0) is 32.4 Å². The van der Waals surface area contributed by atoms with Crippen LogP contribution < -0.4 is 5.32 Å². The summed E-state index contributed by atoms with van der Waals surface area (Å²) in [6, 6.07) is 14.3. The van der Waals surface area contributed by atoms with Gasteiger partial charge in [0.05, 0.1) is 18.1 Å². The van der Waals surface area contributed by atoms with Crippen molar-refractivity contribution < 1.29 is 22.5 Å². The van der Waals surface area contributed by atoms with Crippen molar-refractivity contribution in [3.8, 4) is 0 Å². The largest absolute Gasteiger partial charge is 0.379 e. The van der Waals surface area contributed by atoms with Crippen molar-refractivity contribution in [2.24, 2.45) is 0 Å². The quantitative estimate of drug-likeness (QED) is 0.481. The number of ether oxygens (including phenoxy) is 1. The number of rotatable bonds is 9. The normalized spacial score (nSPS) is 14.8. The molecular formula is C25H30N4O5S. The lowest BCUT2D eigenvalue weighted by atomic mass is 10.1. The number of anilines is 1. The van der Waals surface area contributed by atoms with Gasteiger partial charge in [-0.3, -0.25) is 4.79 Å². The van der Waals surface area contributed by atoms with Crippen LogP contribution in [0.4, 0.5) is 5.69 Å². The highest BCUT2D eigenvalue weighted by Gasteiger charge is 2.26. The summed E-state index contributed by atoms with van der Waals surface area (Å²) in [7, 11) is -3.52. The molecular weight excluding hydrogens is 468 g/mol.